The molecule has 0 aromatic heterocycles. The third-order valence-corrected chi connectivity index (χ3v) is 2.11. The molecule has 1 rings (SSSR count). The SMILES string of the molecule is FC1=C(Cl)SC(F)C1. The highest BCUT2D eigenvalue weighted by molar-refractivity contribution is 8.05. The van der Waals surface area contributed by atoms with E-state index in [1.54, 1.807) is 0 Å². The van der Waals surface area contributed by atoms with Crippen LogP contribution in [-0.2, 0) is 0 Å². The molecule has 1 aliphatic rings. The van der Waals surface area contributed by atoms with Gasteiger partial charge in [0.15, 0.2) is 5.50 Å². The smallest absolute Gasteiger partial charge is 0.157 e. The van der Waals surface area contributed by atoms with Crippen molar-refractivity contribution in [3.05, 3.63) is 10.2 Å². The zero-order valence-electron chi connectivity index (χ0n) is 3.83. The predicted molar refractivity (Wildman–Crippen MR) is 31.1 cm³/mol. The van der Waals surface area contributed by atoms with Crippen LogP contribution >= 0.6 is 23.4 Å². The van der Waals surface area contributed by atoms with Gasteiger partial charge in [0.25, 0.3) is 0 Å². The molecule has 0 N–H and O–H groups in total. The molecule has 0 fully saturated rings. The lowest BCUT2D eigenvalue weighted by molar-refractivity contribution is 0.428. The van der Waals surface area contributed by atoms with Gasteiger partial charge < -0.3 is 0 Å². The summed E-state index contributed by atoms with van der Waals surface area (Å²) >= 11 is 5.92. The number of allylic oxidation sites excluding steroid dienone is 1. The third kappa shape index (κ3) is 1.14. The van der Waals surface area contributed by atoms with E-state index in [1.807, 2.05) is 0 Å². The molecule has 0 saturated carbocycles. The van der Waals surface area contributed by atoms with Gasteiger partial charge in [0.05, 0.1) is 0 Å². The predicted octanol–water partition coefficient (Wildman–Crippen LogP) is 2.80. The van der Waals surface area contributed by atoms with E-state index in [4.69, 9.17) is 11.6 Å². The molecule has 1 atom stereocenters. The molecule has 0 amide bonds. The average molecular weight is 157 g/mol. The van der Waals surface area contributed by atoms with Crippen molar-refractivity contribution in [3.8, 4) is 0 Å². The minimum Gasteiger partial charge on any atom is -0.235 e. The van der Waals surface area contributed by atoms with Gasteiger partial charge in [-0.05, 0) is 0 Å². The molecule has 1 heterocycles. The normalized spacial score (nSPS) is 29.6. The first-order valence-electron chi connectivity index (χ1n) is 2.05. The first-order valence-corrected chi connectivity index (χ1v) is 3.31. The van der Waals surface area contributed by atoms with Gasteiger partial charge in [-0.2, -0.15) is 0 Å². The Kier molecular flexibility index (Phi) is 1.77. The van der Waals surface area contributed by atoms with E-state index < -0.39 is 11.3 Å². The van der Waals surface area contributed by atoms with Crippen LogP contribution in [0.4, 0.5) is 8.78 Å². The van der Waals surface area contributed by atoms with Crippen LogP contribution in [-0.4, -0.2) is 5.50 Å². The molecule has 0 aliphatic carbocycles. The summed E-state index contributed by atoms with van der Waals surface area (Å²) in [5.41, 5.74) is -1.16. The lowest BCUT2D eigenvalue weighted by atomic mass is 10.4. The molecule has 0 aromatic rings. The molecular weight excluding hydrogens is 154 g/mol. The summed E-state index contributed by atoms with van der Waals surface area (Å²) in [7, 11) is 0. The standard InChI is InChI=1S/C4H3ClF2S/c5-4-2(6)1-3(7)8-4/h3H,1H2. The molecule has 0 spiro atoms. The maximum atomic E-state index is 12.1. The van der Waals surface area contributed by atoms with E-state index in [0.717, 1.165) is 11.8 Å². The molecule has 0 saturated heterocycles. The van der Waals surface area contributed by atoms with Crippen molar-refractivity contribution >= 4 is 23.4 Å². The Labute approximate surface area is 54.9 Å². The summed E-state index contributed by atoms with van der Waals surface area (Å²) in [4.78, 5) is 0. The van der Waals surface area contributed by atoms with Crippen LogP contribution in [0.1, 0.15) is 6.42 Å². The van der Waals surface area contributed by atoms with Crippen molar-refractivity contribution in [1.29, 1.82) is 0 Å². The Bertz CT molecular complexity index is 120. The van der Waals surface area contributed by atoms with Gasteiger partial charge in [0.1, 0.15) is 10.2 Å². The maximum Gasteiger partial charge on any atom is 0.157 e. The number of rotatable bonds is 0. The van der Waals surface area contributed by atoms with E-state index in [-0.39, 0.29) is 10.8 Å². The Morgan fingerprint density at radius 1 is 1.75 bits per heavy atom. The highest BCUT2D eigenvalue weighted by Crippen LogP contribution is 2.40. The lowest BCUT2D eigenvalue weighted by Gasteiger charge is -1.88. The average Bonchev–Trinajstić information content (AvgIpc) is 1.85. The first kappa shape index (κ1) is 6.36. The van der Waals surface area contributed by atoms with E-state index >= 15 is 0 Å². The van der Waals surface area contributed by atoms with E-state index in [1.165, 1.54) is 0 Å². The molecule has 0 bridgehead atoms. The molecule has 8 heavy (non-hydrogen) atoms. The monoisotopic (exact) mass is 156 g/mol. The Balaban J connectivity index is 2.60. The van der Waals surface area contributed by atoms with Crippen LogP contribution in [0.2, 0.25) is 0 Å². The summed E-state index contributed by atoms with van der Waals surface area (Å²) in [6.45, 7) is 0. The van der Waals surface area contributed by atoms with Crippen LogP contribution in [0.25, 0.3) is 0 Å². The van der Waals surface area contributed by atoms with Gasteiger partial charge in [0, 0.05) is 6.42 Å². The van der Waals surface area contributed by atoms with E-state index in [2.05, 4.69) is 0 Å². The highest BCUT2D eigenvalue weighted by atomic mass is 35.5. The molecular formula is C4H3ClF2S. The molecule has 0 aromatic carbocycles. The lowest BCUT2D eigenvalue weighted by Crippen LogP contribution is -1.82. The molecule has 46 valence electrons. The summed E-state index contributed by atoms with van der Waals surface area (Å²) in [6, 6.07) is 0. The van der Waals surface area contributed by atoms with Crippen molar-refractivity contribution in [1.82, 2.24) is 0 Å². The van der Waals surface area contributed by atoms with Gasteiger partial charge in [0.2, 0.25) is 0 Å². The molecule has 4 heteroatoms. The van der Waals surface area contributed by atoms with Gasteiger partial charge in [-0.1, -0.05) is 23.4 Å². The summed E-state index contributed by atoms with van der Waals surface area (Å²) < 4.78 is 24.0. The Hall–Kier alpha value is 0.240. The number of hydrogen-bond donors (Lipinski definition) is 0. The number of halogens is 3. The maximum absolute atomic E-state index is 12.1. The first-order chi connectivity index (χ1) is 3.70. The number of alkyl halides is 1. The largest absolute Gasteiger partial charge is 0.235 e. The quantitative estimate of drug-likeness (QED) is 0.520. The minimum atomic E-state index is -1.16. The van der Waals surface area contributed by atoms with Crippen LogP contribution < -0.4 is 0 Å². The van der Waals surface area contributed by atoms with E-state index in [9.17, 15) is 8.78 Å². The fraction of sp³-hybridized carbons (Fsp3) is 0.500. The second-order valence-corrected chi connectivity index (χ2v) is 3.17. The van der Waals surface area contributed by atoms with Crippen LogP contribution in [0.3, 0.4) is 0 Å². The third-order valence-electron chi connectivity index (χ3n) is 0.784. The zero-order chi connectivity index (χ0) is 6.15. The highest BCUT2D eigenvalue weighted by Gasteiger charge is 2.23. The molecule has 1 aliphatic heterocycles. The summed E-state index contributed by atoms with van der Waals surface area (Å²) in [5.74, 6) is -0.524. The van der Waals surface area contributed by atoms with Gasteiger partial charge in [-0.25, -0.2) is 8.78 Å². The van der Waals surface area contributed by atoms with Gasteiger partial charge in [-0.15, -0.1) is 0 Å². The summed E-state index contributed by atoms with van der Waals surface area (Å²) in [6.07, 6.45) is -0.163. The second-order valence-electron chi connectivity index (χ2n) is 1.41. The molecule has 1 unspecified atom stereocenters. The topological polar surface area (TPSA) is 0 Å². The van der Waals surface area contributed by atoms with Gasteiger partial charge >= 0.3 is 0 Å². The van der Waals surface area contributed by atoms with Crippen molar-refractivity contribution in [3.63, 3.8) is 0 Å². The molecule has 0 nitrogen and oxygen atoms in total. The number of thioether (sulfide) groups is 1. The van der Waals surface area contributed by atoms with E-state index in [0.29, 0.717) is 0 Å². The van der Waals surface area contributed by atoms with Crippen LogP contribution in [0, 0.1) is 0 Å². The van der Waals surface area contributed by atoms with Crippen molar-refractivity contribution in [2.24, 2.45) is 0 Å². The molecule has 0 radical (unpaired) electrons. The summed E-state index contributed by atoms with van der Waals surface area (Å²) in [5, 5.41) is 0. The fourth-order valence-corrected chi connectivity index (χ4v) is 1.47. The fourth-order valence-electron chi connectivity index (χ4n) is 0.439. The van der Waals surface area contributed by atoms with Crippen LogP contribution in [0.15, 0.2) is 10.2 Å². The Morgan fingerprint density at radius 2 is 2.38 bits per heavy atom. The van der Waals surface area contributed by atoms with Crippen molar-refractivity contribution in [2.45, 2.75) is 11.9 Å². The second kappa shape index (κ2) is 2.23. The minimum absolute atomic E-state index is 0.0301. The van der Waals surface area contributed by atoms with Crippen molar-refractivity contribution < 1.29 is 8.78 Å². The number of hydrogen-bond acceptors (Lipinski definition) is 1. The van der Waals surface area contributed by atoms with Gasteiger partial charge in [-0.3, -0.25) is 0 Å². The zero-order valence-corrected chi connectivity index (χ0v) is 5.40. The Morgan fingerprint density at radius 3 is 2.50 bits per heavy atom. The van der Waals surface area contributed by atoms with Crippen LogP contribution in [0.5, 0.6) is 0 Å². The van der Waals surface area contributed by atoms with Crippen molar-refractivity contribution in [2.75, 3.05) is 0 Å².